The van der Waals surface area contributed by atoms with Crippen LogP contribution in [-0.4, -0.2) is 25.0 Å². The Kier molecular flexibility index (Phi) is 6.21. The summed E-state index contributed by atoms with van der Waals surface area (Å²) in [5.74, 6) is 0.0906. The van der Waals surface area contributed by atoms with E-state index >= 15 is 0 Å². The maximum Gasteiger partial charge on any atom is 0.282 e. The van der Waals surface area contributed by atoms with Crippen molar-refractivity contribution in [2.75, 3.05) is 17.3 Å². The lowest BCUT2D eigenvalue weighted by Gasteiger charge is -2.20. The van der Waals surface area contributed by atoms with Crippen molar-refractivity contribution in [3.05, 3.63) is 75.6 Å². The Morgan fingerprint density at radius 3 is 2.44 bits per heavy atom. The van der Waals surface area contributed by atoms with Gasteiger partial charge in [0.2, 0.25) is 0 Å². The number of nitrogens with zero attached hydrogens (tertiary/aromatic N) is 1. The zero-order valence-electron chi connectivity index (χ0n) is 17.7. The molecule has 3 aromatic rings. The van der Waals surface area contributed by atoms with Crippen molar-refractivity contribution in [1.82, 2.24) is 0 Å². The van der Waals surface area contributed by atoms with Gasteiger partial charge >= 0.3 is 0 Å². The first kappa shape index (κ1) is 21.9. The molecule has 0 aliphatic carbocycles. The first-order valence-electron chi connectivity index (χ1n) is 9.94. The Morgan fingerprint density at radius 2 is 1.78 bits per heavy atom. The topological polar surface area (TPSA) is 67.9 Å². The Balaban J connectivity index is 1.78. The molecule has 0 radical (unpaired) electrons. The Labute approximate surface area is 195 Å². The number of rotatable bonds is 7. The molecule has 32 heavy (non-hydrogen) atoms. The number of thiophene rings is 1. The highest BCUT2D eigenvalue weighted by atomic mass is 35.5. The number of halogens is 1. The standard InChI is InChI=1S/C24H21ClN2O4S/c1-14(2)31-19-8-5-4-7-17(19)27-23(28)21(20-9-6-12-32-20)22(24(27)29)26-15-10-11-18(30-3)16(25)13-15/h4-14,26H,1-3H3. The normalized spacial score (nSPS) is 13.8. The number of para-hydroxylation sites is 2. The van der Waals surface area contributed by atoms with Gasteiger partial charge in [-0.15, -0.1) is 11.3 Å². The van der Waals surface area contributed by atoms with Crippen LogP contribution in [0, 0.1) is 0 Å². The Bertz CT molecular complexity index is 1200. The summed E-state index contributed by atoms with van der Waals surface area (Å²) < 4.78 is 11.1. The number of hydrogen-bond donors (Lipinski definition) is 1. The lowest BCUT2D eigenvalue weighted by molar-refractivity contribution is -0.120. The van der Waals surface area contributed by atoms with E-state index in [1.54, 1.807) is 42.5 Å². The van der Waals surface area contributed by atoms with Gasteiger partial charge in [-0.3, -0.25) is 9.59 Å². The zero-order chi connectivity index (χ0) is 22.8. The van der Waals surface area contributed by atoms with Crippen LogP contribution in [0.3, 0.4) is 0 Å². The molecule has 0 atom stereocenters. The summed E-state index contributed by atoms with van der Waals surface area (Å²) in [6.07, 6.45) is -0.118. The Hall–Kier alpha value is -3.29. The summed E-state index contributed by atoms with van der Waals surface area (Å²) >= 11 is 7.64. The molecular formula is C24H21ClN2O4S. The first-order valence-corrected chi connectivity index (χ1v) is 11.2. The van der Waals surface area contributed by atoms with Crippen molar-refractivity contribution in [3.8, 4) is 11.5 Å². The molecule has 0 fully saturated rings. The van der Waals surface area contributed by atoms with Gasteiger partial charge in [0.25, 0.3) is 11.8 Å². The molecule has 6 nitrogen and oxygen atoms in total. The Morgan fingerprint density at radius 1 is 1.00 bits per heavy atom. The molecule has 4 rings (SSSR count). The molecule has 164 valence electrons. The van der Waals surface area contributed by atoms with Gasteiger partial charge in [-0.25, -0.2) is 4.90 Å². The molecular weight excluding hydrogens is 448 g/mol. The summed E-state index contributed by atoms with van der Waals surface area (Å²) in [5.41, 5.74) is 1.44. The second-order valence-electron chi connectivity index (χ2n) is 7.28. The summed E-state index contributed by atoms with van der Waals surface area (Å²) in [6, 6.07) is 15.7. The number of ether oxygens (including phenoxy) is 2. The number of anilines is 2. The van der Waals surface area contributed by atoms with Gasteiger partial charge in [0.15, 0.2) is 0 Å². The third-order valence-corrected chi connectivity index (χ3v) is 5.92. The van der Waals surface area contributed by atoms with E-state index in [1.807, 2.05) is 31.4 Å². The SMILES string of the molecule is COc1ccc(NC2=C(c3cccs3)C(=O)N(c3ccccc3OC(C)C)C2=O)cc1Cl. The third kappa shape index (κ3) is 4.09. The molecule has 1 aliphatic heterocycles. The quantitative estimate of drug-likeness (QED) is 0.457. The van der Waals surface area contributed by atoms with Crippen LogP contribution in [0.4, 0.5) is 11.4 Å². The van der Waals surface area contributed by atoms with Crippen LogP contribution in [0.15, 0.2) is 65.7 Å². The minimum absolute atomic E-state index is 0.118. The van der Waals surface area contributed by atoms with E-state index in [1.165, 1.54) is 18.4 Å². The molecule has 1 aromatic heterocycles. The fourth-order valence-electron chi connectivity index (χ4n) is 3.40. The summed E-state index contributed by atoms with van der Waals surface area (Å²) in [5, 5.41) is 5.36. The number of nitrogens with one attached hydrogen (secondary N) is 1. The average molecular weight is 469 g/mol. The van der Waals surface area contributed by atoms with E-state index in [0.29, 0.717) is 38.3 Å². The van der Waals surface area contributed by atoms with E-state index < -0.39 is 11.8 Å². The molecule has 0 bridgehead atoms. The zero-order valence-corrected chi connectivity index (χ0v) is 19.3. The van der Waals surface area contributed by atoms with E-state index in [0.717, 1.165) is 4.90 Å². The van der Waals surface area contributed by atoms with Crippen molar-refractivity contribution < 1.29 is 19.1 Å². The van der Waals surface area contributed by atoms with Gasteiger partial charge in [0, 0.05) is 10.6 Å². The molecule has 0 saturated carbocycles. The third-order valence-electron chi connectivity index (χ3n) is 4.74. The second-order valence-corrected chi connectivity index (χ2v) is 8.64. The van der Waals surface area contributed by atoms with Crippen LogP contribution in [0.2, 0.25) is 5.02 Å². The highest BCUT2D eigenvalue weighted by Crippen LogP contribution is 2.39. The lowest BCUT2D eigenvalue weighted by Crippen LogP contribution is -2.33. The average Bonchev–Trinajstić information content (AvgIpc) is 3.35. The van der Waals surface area contributed by atoms with E-state index in [-0.39, 0.29) is 11.8 Å². The van der Waals surface area contributed by atoms with E-state index in [2.05, 4.69) is 5.32 Å². The number of methoxy groups -OCH3 is 1. The number of hydrogen-bond acceptors (Lipinski definition) is 6. The van der Waals surface area contributed by atoms with Gasteiger partial charge in [-0.05, 0) is 55.6 Å². The van der Waals surface area contributed by atoms with Crippen LogP contribution in [0.1, 0.15) is 18.7 Å². The van der Waals surface area contributed by atoms with E-state index in [9.17, 15) is 9.59 Å². The number of amides is 2. The number of imide groups is 1. The molecule has 2 heterocycles. The summed E-state index contributed by atoms with van der Waals surface area (Å²) in [7, 11) is 1.53. The first-order chi connectivity index (χ1) is 15.4. The van der Waals surface area contributed by atoms with Crippen molar-refractivity contribution in [2.45, 2.75) is 20.0 Å². The van der Waals surface area contributed by atoms with Gasteiger partial charge < -0.3 is 14.8 Å². The molecule has 0 spiro atoms. The largest absolute Gasteiger partial charge is 0.495 e. The number of carbonyl (C=O) groups is 2. The highest BCUT2D eigenvalue weighted by molar-refractivity contribution is 7.11. The monoisotopic (exact) mass is 468 g/mol. The van der Waals surface area contributed by atoms with Crippen LogP contribution >= 0.6 is 22.9 Å². The van der Waals surface area contributed by atoms with Crippen LogP contribution in [0.5, 0.6) is 11.5 Å². The number of carbonyl (C=O) groups excluding carboxylic acids is 2. The van der Waals surface area contributed by atoms with Gasteiger partial charge in [0.05, 0.1) is 29.5 Å². The number of benzene rings is 2. The molecule has 0 saturated heterocycles. The molecule has 8 heteroatoms. The smallest absolute Gasteiger partial charge is 0.282 e. The maximum absolute atomic E-state index is 13.5. The fourth-order valence-corrected chi connectivity index (χ4v) is 4.42. The molecule has 1 N–H and O–H groups in total. The summed E-state index contributed by atoms with van der Waals surface area (Å²) in [4.78, 5) is 28.9. The van der Waals surface area contributed by atoms with Gasteiger partial charge in [-0.1, -0.05) is 29.8 Å². The molecule has 0 unspecified atom stereocenters. The van der Waals surface area contributed by atoms with Crippen LogP contribution in [-0.2, 0) is 9.59 Å². The summed E-state index contributed by atoms with van der Waals surface area (Å²) in [6.45, 7) is 3.78. The predicted molar refractivity (Wildman–Crippen MR) is 128 cm³/mol. The maximum atomic E-state index is 13.5. The van der Waals surface area contributed by atoms with Gasteiger partial charge in [0.1, 0.15) is 17.2 Å². The van der Waals surface area contributed by atoms with Crippen LogP contribution < -0.4 is 19.7 Å². The van der Waals surface area contributed by atoms with Crippen LogP contribution in [0.25, 0.3) is 5.57 Å². The van der Waals surface area contributed by atoms with Crippen molar-refractivity contribution in [1.29, 1.82) is 0 Å². The minimum atomic E-state index is -0.467. The molecule has 2 amide bonds. The molecule has 1 aliphatic rings. The minimum Gasteiger partial charge on any atom is -0.495 e. The van der Waals surface area contributed by atoms with Crippen molar-refractivity contribution >= 4 is 51.7 Å². The molecule has 2 aromatic carbocycles. The highest BCUT2D eigenvalue weighted by Gasteiger charge is 2.42. The van der Waals surface area contributed by atoms with Crippen molar-refractivity contribution in [3.63, 3.8) is 0 Å². The fraction of sp³-hybridized carbons (Fsp3) is 0.167. The lowest BCUT2D eigenvalue weighted by atomic mass is 10.2. The predicted octanol–water partition coefficient (Wildman–Crippen LogP) is 5.59. The van der Waals surface area contributed by atoms with E-state index in [4.69, 9.17) is 21.1 Å². The van der Waals surface area contributed by atoms with Crippen molar-refractivity contribution in [2.24, 2.45) is 0 Å². The van der Waals surface area contributed by atoms with Gasteiger partial charge in [-0.2, -0.15) is 0 Å². The second kappa shape index (κ2) is 9.06.